The van der Waals surface area contributed by atoms with E-state index in [2.05, 4.69) is 22.3 Å². The molecular weight excluding hydrogens is 546 g/mol. The van der Waals surface area contributed by atoms with Crippen LogP contribution in [0.4, 0.5) is 9.93 Å². The number of urea groups is 1. The number of sulfonamides is 1. The summed E-state index contributed by atoms with van der Waals surface area (Å²) in [4.78, 5) is 22.2. The molecule has 0 spiro atoms. The molecule has 2 saturated carbocycles. The van der Waals surface area contributed by atoms with E-state index in [0.717, 1.165) is 55.8 Å². The van der Waals surface area contributed by atoms with E-state index in [9.17, 15) is 13.2 Å². The van der Waals surface area contributed by atoms with Crippen LogP contribution in [0.1, 0.15) is 69.3 Å². The molecule has 0 atom stereocenters. The number of benzene rings is 1. The molecule has 2 aromatic rings. The fraction of sp³-hybridized carbons (Fsp3) is 0.655. The number of anilines is 1. The smallest absolute Gasteiger partial charge is 0.323 e. The molecule has 9 nitrogen and oxygen atoms in total. The van der Waals surface area contributed by atoms with Gasteiger partial charge in [0.1, 0.15) is 5.75 Å². The molecule has 1 N–H and O–H groups in total. The summed E-state index contributed by atoms with van der Waals surface area (Å²) in [6, 6.07) is 6.59. The van der Waals surface area contributed by atoms with E-state index in [1.165, 1.54) is 49.0 Å². The highest BCUT2D eigenvalue weighted by molar-refractivity contribution is 7.90. The first-order valence-corrected chi connectivity index (χ1v) is 17.2. The number of hydrogen-bond donors (Lipinski definition) is 1. The predicted octanol–water partition coefficient (Wildman–Crippen LogP) is 4.97. The van der Waals surface area contributed by atoms with Gasteiger partial charge in [0.15, 0.2) is 5.13 Å². The van der Waals surface area contributed by atoms with Gasteiger partial charge in [-0.15, -0.1) is 11.3 Å². The molecule has 40 heavy (non-hydrogen) atoms. The first kappa shape index (κ1) is 27.9. The molecule has 0 radical (unpaired) electrons. The van der Waals surface area contributed by atoms with Crippen molar-refractivity contribution in [3.8, 4) is 17.0 Å². The summed E-state index contributed by atoms with van der Waals surface area (Å²) < 4.78 is 32.3. The van der Waals surface area contributed by atoms with Crippen LogP contribution in [-0.4, -0.2) is 91.2 Å². The van der Waals surface area contributed by atoms with Crippen molar-refractivity contribution in [3.05, 3.63) is 29.1 Å². The Morgan fingerprint density at radius 2 is 1.70 bits per heavy atom. The minimum absolute atomic E-state index is 0.107. The van der Waals surface area contributed by atoms with Gasteiger partial charge in [-0.3, -0.25) is 10.2 Å². The van der Waals surface area contributed by atoms with Gasteiger partial charge in [0, 0.05) is 56.3 Å². The molecule has 11 heteroatoms. The number of methoxy groups -OCH3 is 1. The molecule has 4 aliphatic rings. The van der Waals surface area contributed by atoms with Gasteiger partial charge in [0.25, 0.3) is 0 Å². The lowest BCUT2D eigenvalue weighted by Gasteiger charge is -2.42. The lowest BCUT2D eigenvalue weighted by Crippen LogP contribution is -2.55. The molecule has 218 valence electrons. The summed E-state index contributed by atoms with van der Waals surface area (Å²) in [5, 5.41) is 5.55. The minimum Gasteiger partial charge on any atom is -0.497 e. The van der Waals surface area contributed by atoms with E-state index in [0.29, 0.717) is 43.3 Å². The molecule has 2 amide bonds. The third-order valence-corrected chi connectivity index (χ3v) is 12.3. The second-order valence-electron chi connectivity index (χ2n) is 11.7. The average Bonchev–Trinajstić information content (AvgIpc) is 3.77. The number of amides is 2. The number of thiazole rings is 1. The molecule has 6 rings (SSSR count). The number of nitrogens with one attached hydrogen (secondary N) is 1. The number of ether oxygens (including phenoxy) is 1. The number of piperidine rings is 1. The third kappa shape index (κ3) is 6.03. The molecule has 2 saturated heterocycles. The number of rotatable bonds is 7. The zero-order chi connectivity index (χ0) is 27.7. The van der Waals surface area contributed by atoms with Crippen LogP contribution < -0.4 is 10.1 Å². The van der Waals surface area contributed by atoms with Crippen molar-refractivity contribution < 1.29 is 17.9 Å². The van der Waals surface area contributed by atoms with E-state index in [4.69, 9.17) is 9.72 Å². The van der Waals surface area contributed by atoms with Gasteiger partial charge in [-0.05, 0) is 62.1 Å². The molecule has 4 fully saturated rings. The van der Waals surface area contributed by atoms with Crippen molar-refractivity contribution in [3.63, 3.8) is 0 Å². The van der Waals surface area contributed by atoms with Gasteiger partial charge in [0.05, 0.1) is 18.1 Å². The number of nitrogens with zero attached hydrogens (tertiary/aromatic N) is 4. The van der Waals surface area contributed by atoms with Crippen LogP contribution in [0.25, 0.3) is 11.3 Å². The largest absolute Gasteiger partial charge is 0.497 e. The fourth-order valence-electron chi connectivity index (χ4n) is 6.61. The van der Waals surface area contributed by atoms with Crippen molar-refractivity contribution in [1.29, 1.82) is 0 Å². The van der Waals surface area contributed by atoms with E-state index >= 15 is 0 Å². The van der Waals surface area contributed by atoms with Crippen LogP contribution >= 0.6 is 11.3 Å². The van der Waals surface area contributed by atoms with Gasteiger partial charge in [0.2, 0.25) is 10.0 Å². The van der Waals surface area contributed by atoms with Crippen molar-refractivity contribution >= 4 is 32.5 Å². The van der Waals surface area contributed by atoms with Crippen LogP contribution in [0.15, 0.2) is 23.6 Å². The topological polar surface area (TPSA) is 95.1 Å². The Morgan fingerprint density at radius 1 is 0.975 bits per heavy atom. The normalized spacial score (nSPS) is 22.4. The van der Waals surface area contributed by atoms with E-state index in [-0.39, 0.29) is 11.3 Å². The average molecular weight is 588 g/mol. The first-order valence-electron chi connectivity index (χ1n) is 14.8. The van der Waals surface area contributed by atoms with Crippen LogP contribution in [-0.2, 0) is 10.0 Å². The summed E-state index contributed by atoms with van der Waals surface area (Å²) in [5.74, 6) is 1.36. The fourth-order valence-corrected chi connectivity index (χ4v) is 9.18. The Balaban J connectivity index is 1.03. The molecule has 1 aromatic heterocycles. The summed E-state index contributed by atoms with van der Waals surface area (Å²) in [6.45, 7) is 4.17. The second kappa shape index (κ2) is 12.0. The van der Waals surface area contributed by atoms with Gasteiger partial charge >= 0.3 is 6.03 Å². The quantitative estimate of drug-likeness (QED) is 0.492. The summed E-state index contributed by atoms with van der Waals surface area (Å²) in [7, 11) is -1.39. The number of aromatic nitrogens is 1. The maximum absolute atomic E-state index is 13.1. The summed E-state index contributed by atoms with van der Waals surface area (Å²) in [6.07, 6.45) is 9.63. The van der Waals surface area contributed by atoms with E-state index in [1.54, 1.807) is 11.4 Å². The molecule has 1 aromatic carbocycles. The SMILES string of the molecule is COc1ccc(C2CCCCC2)c(-c2csc(NC(=O)N3CCN(C4CCN(S(=O)(=O)C5CC5)CC4)CC3)n2)c1. The molecule has 0 bridgehead atoms. The monoisotopic (exact) mass is 587 g/mol. The number of carbonyl (C=O) groups excluding carboxylic acids is 1. The Hall–Kier alpha value is -2.21. The third-order valence-electron chi connectivity index (χ3n) is 9.15. The first-order chi connectivity index (χ1) is 19.4. The Labute approximate surface area is 241 Å². The van der Waals surface area contributed by atoms with Gasteiger partial charge in [-0.25, -0.2) is 22.5 Å². The highest BCUT2D eigenvalue weighted by Crippen LogP contribution is 2.40. The van der Waals surface area contributed by atoms with Crippen LogP contribution in [0.3, 0.4) is 0 Å². The predicted molar refractivity (Wildman–Crippen MR) is 159 cm³/mol. The van der Waals surface area contributed by atoms with Crippen LogP contribution in [0.2, 0.25) is 0 Å². The highest BCUT2D eigenvalue weighted by atomic mass is 32.2. The van der Waals surface area contributed by atoms with Gasteiger partial charge in [-0.1, -0.05) is 25.3 Å². The van der Waals surface area contributed by atoms with Gasteiger partial charge < -0.3 is 9.64 Å². The molecule has 2 aliphatic carbocycles. The molecule has 0 unspecified atom stereocenters. The Bertz CT molecular complexity index is 1290. The van der Waals surface area contributed by atoms with Crippen molar-refractivity contribution in [1.82, 2.24) is 19.1 Å². The van der Waals surface area contributed by atoms with Crippen molar-refractivity contribution in [2.45, 2.75) is 75.0 Å². The zero-order valence-electron chi connectivity index (χ0n) is 23.4. The standard InChI is InChI=1S/C29H41N5O4S2/c1-38-23-7-10-25(21-5-3-2-4-6-21)26(19-23)27-20-39-28(30-27)31-29(35)33-17-15-32(16-18-33)22-11-13-34(14-12-22)40(36,37)24-8-9-24/h7,10,19-22,24H,2-6,8-9,11-18H2,1H3,(H,30,31,35). The van der Waals surface area contributed by atoms with E-state index in [1.807, 2.05) is 16.3 Å². The van der Waals surface area contributed by atoms with Crippen molar-refractivity contribution in [2.75, 3.05) is 51.7 Å². The van der Waals surface area contributed by atoms with Crippen LogP contribution in [0.5, 0.6) is 5.75 Å². The number of hydrogen-bond acceptors (Lipinski definition) is 7. The maximum Gasteiger partial charge on any atom is 0.323 e. The lowest BCUT2D eigenvalue weighted by molar-refractivity contribution is 0.0867. The summed E-state index contributed by atoms with van der Waals surface area (Å²) in [5.41, 5.74) is 3.32. The molecule has 2 aliphatic heterocycles. The maximum atomic E-state index is 13.1. The number of piperazine rings is 1. The zero-order valence-corrected chi connectivity index (χ0v) is 25.0. The minimum atomic E-state index is -3.08. The molecule has 3 heterocycles. The van der Waals surface area contributed by atoms with Crippen molar-refractivity contribution in [2.24, 2.45) is 0 Å². The molecular formula is C29H41N5O4S2. The lowest BCUT2D eigenvalue weighted by atomic mass is 9.81. The summed E-state index contributed by atoms with van der Waals surface area (Å²) >= 11 is 1.46. The Morgan fingerprint density at radius 3 is 2.38 bits per heavy atom. The number of carbonyl (C=O) groups is 1. The van der Waals surface area contributed by atoms with Crippen LogP contribution in [0, 0.1) is 0 Å². The Kier molecular flexibility index (Phi) is 8.35. The van der Waals surface area contributed by atoms with Gasteiger partial charge in [-0.2, -0.15) is 0 Å². The van der Waals surface area contributed by atoms with E-state index < -0.39 is 10.0 Å². The second-order valence-corrected chi connectivity index (χ2v) is 14.7. The highest BCUT2D eigenvalue weighted by Gasteiger charge is 2.42.